The molecule has 2 aromatic rings. The first-order valence-electron chi connectivity index (χ1n) is 4.20. The highest BCUT2D eigenvalue weighted by Gasteiger charge is 2.06. The second kappa shape index (κ2) is 3.93. The minimum Gasteiger partial charge on any atom is -0.251 e. The summed E-state index contributed by atoms with van der Waals surface area (Å²) in [4.78, 5) is 4.42. The number of aromatic nitrogens is 1. The van der Waals surface area contributed by atoms with Crippen molar-refractivity contribution in [3.05, 3.63) is 42.1 Å². The molecule has 0 spiro atoms. The summed E-state index contributed by atoms with van der Waals surface area (Å²) in [6.45, 7) is 0. The van der Waals surface area contributed by atoms with Gasteiger partial charge in [-0.3, -0.25) is 4.98 Å². The van der Waals surface area contributed by atoms with Gasteiger partial charge < -0.3 is 0 Å². The standard InChI is InChI=1S/C11H7IN2/c12-9(7-13)11-6-5-8-3-1-2-4-10(8)14-11/h1-6,9H. The maximum atomic E-state index is 8.76. The number of benzene rings is 1. The smallest absolute Gasteiger partial charge is 0.140 e. The number of nitriles is 1. The Morgan fingerprint density at radius 1 is 1.21 bits per heavy atom. The zero-order chi connectivity index (χ0) is 9.97. The van der Waals surface area contributed by atoms with Crippen molar-refractivity contribution >= 4 is 33.5 Å². The molecule has 0 aliphatic carbocycles. The number of halogens is 1. The van der Waals surface area contributed by atoms with Crippen LogP contribution >= 0.6 is 22.6 Å². The Kier molecular flexibility index (Phi) is 2.64. The largest absolute Gasteiger partial charge is 0.251 e. The predicted octanol–water partition coefficient (Wildman–Crippen LogP) is 3.23. The lowest BCUT2D eigenvalue weighted by atomic mass is 10.2. The molecule has 1 unspecified atom stereocenters. The number of pyridine rings is 1. The number of hydrogen-bond donors (Lipinski definition) is 0. The zero-order valence-electron chi connectivity index (χ0n) is 7.31. The molecule has 14 heavy (non-hydrogen) atoms. The fraction of sp³-hybridized carbons (Fsp3) is 0.0909. The van der Waals surface area contributed by atoms with Gasteiger partial charge in [-0.1, -0.05) is 46.9 Å². The average Bonchev–Trinajstić information content (AvgIpc) is 2.27. The lowest BCUT2D eigenvalue weighted by Gasteiger charge is -2.02. The van der Waals surface area contributed by atoms with E-state index < -0.39 is 0 Å². The molecule has 0 radical (unpaired) electrons. The zero-order valence-corrected chi connectivity index (χ0v) is 9.47. The van der Waals surface area contributed by atoms with Gasteiger partial charge in [-0.05, 0) is 12.1 Å². The minimum atomic E-state index is -0.169. The number of fused-ring (bicyclic) bond motifs is 1. The van der Waals surface area contributed by atoms with E-state index in [1.165, 1.54) is 0 Å². The molecular formula is C11H7IN2. The summed E-state index contributed by atoms with van der Waals surface area (Å²) in [5.41, 5.74) is 1.77. The van der Waals surface area contributed by atoms with Crippen LogP contribution in [0.3, 0.4) is 0 Å². The van der Waals surface area contributed by atoms with Crippen LogP contribution in [0.5, 0.6) is 0 Å². The van der Waals surface area contributed by atoms with Crippen molar-refractivity contribution in [1.29, 1.82) is 5.26 Å². The molecule has 0 N–H and O–H groups in total. The molecule has 1 aromatic heterocycles. The van der Waals surface area contributed by atoms with Crippen molar-refractivity contribution in [2.45, 2.75) is 3.92 Å². The van der Waals surface area contributed by atoms with Gasteiger partial charge in [0.15, 0.2) is 0 Å². The van der Waals surface area contributed by atoms with Gasteiger partial charge in [0, 0.05) is 5.39 Å². The lowest BCUT2D eigenvalue weighted by molar-refractivity contribution is 1.15. The van der Waals surface area contributed by atoms with E-state index in [1.807, 2.05) is 36.4 Å². The van der Waals surface area contributed by atoms with Crippen LogP contribution in [-0.2, 0) is 0 Å². The number of rotatable bonds is 1. The van der Waals surface area contributed by atoms with E-state index in [4.69, 9.17) is 5.26 Å². The first kappa shape index (κ1) is 9.41. The molecule has 1 aromatic carbocycles. The van der Waals surface area contributed by atoms with E-state index in [0.29, 0.717) is 0 Å². The number of hydrogen-bond acceptors (Lipinski definition) is 2. The summed E-state index contributed by atoms with van der Waals surface area (Å²) in [5.74, 6) is 0. The Hall–Kier alpha value is -1.15. The van der Waals surface area contributed by atoms with Crippen LogP contribution in [0.4, 0.5) is 0 Å². The third-order valence-electron chi connectivity index (χ3n) is 1.99. The van der Waals surface area contributed by atoms with E-state index in [2.05, 4.69) is 33.6 Å². The molecule has 0 fully saturated rings. The molecular weight excluding hydrogens is 287 g/mol. The van der Waals surface area contributed by atoms with E-state index in [0.717, 1.165) is 16.6 Å². The van der Waals surface area contributed by atoms with Gasteiger partial charge in [0.05, 0.1) is 17.3 Å². The summed E-state index contributed by atoms with van der Waals surface area (Å²) >= 11 is 2.08. The monoisotopic (exact) mass is 294 g/mol. The molecule has 1 heterocycles. The number of alkyl halides is 1. The molecule has 0 aliphatic heterocycles. The van der Waals surface area contributed by atoms with Crippen LogP contribution in [0, 0.1) is 11.3 Å². The predicted molar refractivity (Wildman–Crippen MR) is 64.1 cm³/mol. The SMILES string of the molecule is N#CC(I)c1ccc2ccccc2n1. The quantitative estimate of drug-likeness (QED) is 0.598. The molecule has 68 valence electrons. The fourth-order valence-corrected chi connectivity index (χ4v) is 1.64. The highest BCUT2D eigenvalue weighted by Crippen LogP contribution is 2.22. The normalized spacial score (nSPS) is 12.3. The summed E-state index contributed by atoms with van der Waals surface area (Å²) in [6, 6.07) is 14.0. The first-order chi connectivity index (χ1) is 6.81. The highest BCUT2D eigenvalue weighted by atomic mass is 127. The number of para-hydroxylation sites is 1. The van der Waals surface area contributed by atoms with Crippen molar-refractivity contribution in [1.82, 2.24) is 4.98 Å². The van der Waals surface area contributed by atoms with Gasteiger partial charge in [0.2, 0.25) is 0 Å². The molecule has 0 aliphatic rings. The van der Waals surface area contributed by atoms with Gasteiger partial charge in [-0.2, -0.15) is 5.26 Å². The van der Waals surface area contributed by atoms with Crippen LogP contribution in [0.25, 0.3) is 10.9 Å². The van der Waals surface area contributed by atoms with E-state index in [9.17, 15) is 0 Å². The van der Waals surface area contributed by atoms with E-state index in [1.54, 1.807) is 0 Å². The van der Waals surface area contributed by atoms with Gasteiger partial charge in [-0.15, -0.1) is 0 Å². The van der Waals surface area contributed by atoms with Crippen LogP contribution in [0.1, 0.15) is 9.62 Å². The van der Waals surface area contributed by atoms with Crippen LogP contribution in [0.2, 0.25) is 0 Å². The topological polar surface area (TPSA) is 36.7 Å². The lowest BCUT2D eigenvalue weighted by Crippen LogP contribution is -1.90. The average molecular weight is 294 g/mol. The van der Waals surface area contributed by atoms with Crippen molar-refractivity contribution in [3.63, 3.8) is 0 Å². The molecule has 0 saturated carbocycles. The summed E-state index contributed by atoms with van der Waals surface area (Å²) in [5, 5.41) is 9.87. The van der Waals surface area contributed by atoms with Gasteiger partial charge in [0.1, 0.15) is 3.92 Å². The van der Waals surface area contributed by atoms with E-state index in [-0.39, 0.29) is 3.92 Å². The first-order valence-corrected chi connectivity index (χ1v) is 5.45. The van der Waals surface area contributed by atoms with E-state index >= 15 is 0 Å². The Morgan fingerprint density at radius 2 is 2.00 bits per heavy atom. The van der Waals surface area contributed by atoms with Crippen molar-refractivity contribution < 1.29 is 0 Å². The molecule has 2 nitrogen and oxygen atoms in total. The third-order valence-corrected chi connectivity index (χ3v) is 2.91. The second-order valence-electron chi connectivity index (χ2n) is 2.92. The summed E-state index contributed by atoms with van der Waals surface area (Å²) in [6.07, 6.45) is 0. The Morgan fingerprint density at radius 3 is 2.79 bits per heavy atom. The number of nitrogens with zero attached hydrogens (tertiary/aromatic N) is 2. The fourth-order valence-electron chi connectivity index (χ4n) is 1.29. The van der Waals surface area contributed by atoms with Crippen LogP contribution in [0.15, 0.2) is 36.4 Å². The molecule has 0 saturated heterocycles. The Bertz CT molecular complexity index is 502. The molecule has 2 rings (SSSR count). The van der Waals surface area contributed by atoms with Crippen molar-refractivity contribution in [2.75, 3.05) is 0 Å². The summed E-state index contributed by atoms with van der Waals surface area (Å²) in [7, 11) is 0. The Balaban J connectivity index is 2.58. The molecule has 1 atom stereocenters. The van der Waals surface area contributed by atoms with Gasteiger partial charge in [-0.25, -0.2) is 0 Å². The van der Waals surface area contributed by atoms with Crippen molar-refractivity contribution in [2.24, 2.45) is 0 Å². The van der Waals surface area contributed by atoms with Gasteiger partial charge in [0.25, 0.3) is 0 Å². The molecule has 0 amide bonds. The maximum Gasteiger partial charge on any atom is 0.140 e. The maximum absolute atomic E-state index is 8.76. The van der Waals surface area contributed by atoms with Crippen LogP contribution < -0.4 is 0 Å². The van der Waals surface area contributed by atoms with Gasteiger partial charge >= 0.3 is 0 Å². The molecule has 0 bridgehead atoms. The third kappa shape index (κ3) is 1.70. The Labute approximate surface area is 95.7 Å². The molecule has 3 heteroatoms. The highest BCUT2D eigenvalue weighted by molar-refractivity contribution is 14.1. The van der Waals surface area contributed by atoms with Crippen LogP contribution in [-0.4, -0.2) is 4.98 Å². The minimum absolute atomic E-state index is 0.169. The second-order valence-corrected chi connectivity index (χ2v) is 4.17. The summed E-state index contributed by atoms with van der Waals surface area (Å²) < 4.78 is -0.169. The van der Waals surface area contributed by atoms with Crippen molar-refractivity contribution in [3.8, 4) is 6.07 Å².